The Bertz CT molecular complexity index is 1030. The topological polar surface area (TPSA) is 68.1 Å². The van der Waals surface area contributed by atoms with Crippen LogP contribution in [-0.4, -0.2) is 32.1 Å². The number of benzene rings is 1. The van der Waals surface area contributed by atoms with Crippen molar-refractivity contribution in [2.45, 2.75) is 38.8 Å². The third kappa shape index (κ3) is 3.35. The van der Waals surface area contributed by atoms with Crippen LogP contribution >= 0.6 is 0 Å². The molecule has 0 radical (unpaired) electrons. The van der Waals surface area contributed by atoms with E-state index < -0.39 is 0 Å². The van der Waals surface area contributed by atoms with Crippen LogP contribution in [0.3, 0.4) is 0 Å². The van der Waals surface area contributed by atoms with Gasteiger partial charge >= 0.3 is 0 Å². The molecule has 138 valence electrons. The van der Waals surface area contributed by atoms with Gasteiger partial charge in [0, 0.05) is 18.1 Å². The highest BCUT2D eigenvalue weighted by atomic mass is 16.2. The molecule has 0 aliphatic carbocycles. The number of rotatable bonds is 3. The molecule has 4 rings (SSSR count). The van der Waals surface area contributed by atoms with Crippen LogP contribution in [0, 0.1) is 6.92 Å². The Balaban J connectivity index is 1.64. The van der Waals surface area contributed by atoms with Gasteiger partial charge in [0.2, 0.25) is 5.91 Å². The number of fused-ring (bicyclic) bond motifs is 1. The van der Waals surface area contributed by atoms with Gasteiger partial charge in [-0.2, -0.15) is 5.10 Å². The van der Waals surface area contributed by atoms with E-state index in [2.05, 4.69) is 10.1 Å². The number of carbonyl (C=O) groups excluding carboxylic acids is 1. The van der Waals surface area contributed by atoms with Gasteiger partial charge in [-0.1, -0.05) is 24.3 Å². The first kappa shape index (κ1) is 17.4. The van der Waals surface area contributed by atoms with Crippen molar-refractivity contribution in [2.75, 3.05) is 6.54 Å². The second kappa shape index (κ2) is 7.31. The maximum Gasteiger partial charge on any atom is 0.275 e. The van der Waals surface area contributed by atoms with E-state index in [1.165, 1.54) is 4.68 Å². The van der Waals surface area contributed by atoms with E-state index in [1.807, 2.05) is 48.2 Å². The third-order valence-corrected chi connectivity index (χ3v) is 5.19. The number of aryl methyl sites for hydroxylation is 1. The fraction of sp³-hybridized carbons (Fsp3) is 0.333. The number of hydrogen-bond donors (Lipinski definition) is 0. The van der Waals surface area contributed by atoms with Gasteiger partial charge in [0.05, 0.1) is 22.8 Å². The van der Waals surface area contributed by atoms with Crippen LogP contribution in [0.5, 0.6) is 0 Å². The number of carbonyl (C=O) groups is 1. The van der Waals surface area contributed by atoms with Crippen molar-refractivity contribution < 1.29 is 4.79 Å². The first-order chi connectivity index (χ1) is 13.1. The summed E-state index contributed by atoms with van der Waals surface area (Å²) >= 11 is 0. The number of pyridine rings is 1. The predicted octanol–water partition coefficient (Wildman–Crippen LogP) is 2.85. The Hall–Kier alpha value is -3.02. The molecule has 1 atom stereocenters. The molecule has 1 amide bonds. The van der Waals surface area contributed by atoms with Crippen molar-refractivity contribution in [3.63, 3.8) is 0 Å². The van der Waals surface area contributed by atoms with Crippen LogP contribution < -0.4 is 5.56 Å². The fourth-order valence-electron chi connectivity index (χ4n) is 3.84. The number of amides is 1. The maximum atomic E-state index is 13.0. The first-order valence-corrected chi connectivity index (χ1v) is 9.32. The van der Waals surface area contributed by atoms with E-state index in [0.717, 1.165) is 36.0 Å². The number of nitrogens with zero attached hydrogens (tertiary/aromatic N) is 4. The minimum absolute atomic E-state index is 0.0373. The molecule has 2 aromatic heterocycles. The summed E-state index contributed by atoms with van der Waals surface area (Å²) in [4.78, 5) is 32.1. The van der Waals surface area contributed by atoms with Crippen LogP contribution in [0.25, 0.3) is 10.8 Å². The van der Waals surface area contributed by atoms with E-state index >= 15 is 0 Å². The van der Waals surface area contributed by atoms with Crippen molar-refractivity contribution in [1.82, 2.24) is 19.7 Å². The molecule has 1 aliphatic heterocycles. The highest BCUT2D eigenvalue weighted by Crippen LogP contribution is 2.29. The van der Waals surface area contributed by atoms with Crippen molar-refractivity contribution >= 4 is 16.7 Å². The highest BCUT2D eigenvalue weighted by Gasteiger charge is 2.29. The highest BCUT2D eigenvalue weighted by molar-refractivity contribution is 5.83. The van der Waals surface area contributed by atoms with E-state index in [9.17, 15) is 9.59 Å². The third-order valence-electron chi connectivity index (χ3n) is 5.19. The lowest BCUT2D eigenvalue weighted by molar-refractivity contribution is -0.136. The van der Waals surface area contributed by atoms with E-state index in [0.29, 0.717) is 11.9 Å². The monoisotopic (exact) mass is 362 g/mol. The first-order valence-electron chi connectivity index (χ1n) is 9.32. The summed E-state index contributed by atoms with van der Waals surface area (Å²) in [6.45, 7) is 2.50. The molecule has 3 aromatic rings. The summed E-state index contributed by atoms with van der Waals surface area (Å²) in [6.07, 6.45) is 4.68. The predicted molar refractivity (Wildman–Crippen MR) is 103 cm³/mol. The van der Waals surface area contributed by atoms with Crippen molar-refractivity contribution in [1.29, 1.82) is 0 Å². The zero-order valence-electron chi connectivity index (χ0n) is 15.3. The molecule has 1 aromatic carbocycles. The number of likely N-dealkylation sites (tertiary alicyclic amines) is 1. The van der Waals surface area contributed by atoms with Crippen molar-refractivity contribution in [2.24, 2.45) is 0 Å². The molecular weight excluding hydrogens is 340 g/mol. The molecule has 3 heterocycles. The van der Waals surface area contributed by atoms with E-state index in [-0.39, 0.29) is 24.1 Å². The maximum absolute atomic E-state index is 13.0. The second-order valence-corrected chi connectivity index (χ2v) is 6.95. The summed E-state index contributed by atoms with van der Waals surface area (Å²) in [5, 5.41) is 5.80. The standard InChI is InChI=1S/C21H22N4O2/c1-15-16-8-2-3-9-17(16)21(27)25(23-15)14-20(26)24-13-7-5-11-19(24)18-10-4-6-12-22-18/h2-4,6,8-10,12,19H,5,7,11,13-14H2,1H3. The molecule has 0 spiro atoms. The van der Waals surface area contributed by atoms with Crippen LogP contribution in [0.15, 0.2) is 53.5 Å². The SMILES string of the molecule is Cc1nn(CC(=O)N2CCCCC2c2ccccn2)c(=O)c2ccccc12. The minimum atomic E-state index is -0.226. The Kier molecular flexibility index (Phi) is 4.71. The van der Waals surface area contributed by atoms with Gasteiger partial charge in [0.1, 0.15) is 6.54 Å². The molecule has 27 heavy (non-hydrogen) atoms. The van der Waals surface area contributed by atoms with Gasteiger partial charge in [0.25, 0.3) is 5.56 Å². The average molecular weight is 362 g/mol. The van der Waals surface area contributed by atoms with Gasteiger partial charge in [-0.25, -0.2) is 4.68 Å². The van der Waals surface area contributed by atoms with Crippen LogP contribution in [0.4, 0.5) is 0 Å². The molecule has 1 aliphatic rings. The summed E-state index contributed by atoms with van der Waals surface area (Å²) in [7, 11) is 0. The molecule has 1 fully saturated rings. The summed E-state index contributed by atoms with van der Waals surface area (Å²) in [5.41, 5.74) is 1.43. The van der Waals surface area contributed by atoms with Gasteiger partial charge in [-0.3, -0.25) is 14.6 Å². The van der Waals surface area contributed by atoms with Gasteiger partial charge in [-0.05, 0) is 44.4 Å². The Labute approximate surface area is 157 Å². The average Bonchev–Trinajstić information content (AvgIpc) is 2.72. The van der Waals surface area contributed by atoms with Crippen LogP contribution in [0.1, 0.15) is 36.7 Å². The van der Waals surface area contributed by atoms with E-state index in [4.69, 9.17) is 0 Å². The number of hydrogen-bond acceptors (Lipinski definition) is 4. The number of piperidine rings is 1. The molecule has 1 unspecified atom stereocenters. The Morgan fingerprint density at radius 3 is 2.67 bits per heavy atom. The van der Waals surface area contributed by atoms with E-state index in [1.54, 1.807) is 12.3 Å². The largest absolute Gasteiger partial charge is 0.332 e. The lowest BCUT2D eigenvalue weighted by Crippen LogP contribution is -2.42. The summed E-state index contributed by atoms with van der Waals surface area (Å²) in [6, 6.07) is 13.1. The zero-order chi connectivity index (χ0) is 18.8. The smallest absolute Gasteiger partial charge is 0.275 e. The molecule has 0 bridgehead atoms. The molecule has 1 saturated heterocycles. The lowest BCUT2D eigenvalue weighted by Gasteiger charge is -2.35. The second-order valence-electron chi connectivity index (χ2n) is 6.95. The van der Waals surface area contributed by atoms with Gasteiger partial charge in [0.15, 0.2) is 0 Å². The fourth-order valence-corrected chi connectivity index (χ4v) is 3.84. The minimum Gasteiger partial charge on any atom is -0.332 e. The Morgan fingerprint density at radius 1 is 1.11 bits per heavy atom. The zero-order valence-corrected chi connectivity index (χ0v) is 15.3. The normalized spacial score (nSPS) is 17.2. The van der Waals surface area contributed by atoms with Crippen molar-refractivity contribution in [3.05, 3.63) is 70.4 Å². The van der Waals surface area contributed by atoms with Crippen molar-refractivity contribution in [3.8, 4) is 0 Å². The molecule has 0 N–H and O–H groups in total. The van der Waals surface area contributed by atoms with Gasteiger partial charge in [-0.15, -0.1) is 0 Å². The lowest BCUT2D eigenvalue weighted by atomic mass is 9.98. The summed E-state index contributed by atoms with van der Waals surface area (Å²) in [5.74, 6) is -0.0883. The molecule has 0 saturated carbocycles. The van der Waals surface area contributed by atoms with Crippen LogP contribution in [0.2, 0.25) is 0 Å². The van der Waals surface area contributed by atoms with Crippen LogP contribution in [-0.2, 0) is 11.3 Å². The molecule has 6 heteroatoms. The molecule has 6 nitrogen and oxygen atoms in total. The van der Waals surface area contributed by atoms with Gasteiger partial charge < -0.3 is 4.90 Å². The summed E-state index contributed by atoms with van der Waals surface area (Å²) < 4.78 is 1.30. The Morgan fingerprint density at radius 2 is 1.89 bits per heavy atom. The number of aromatic nitrogens is 3. The molecular formula is C21H22N4O2. The quantitative estimate of drug-likeness (QED) is 0.718.